The lowest BCUT2D eigenvalue weighted by molar-refractivity contribution is -0.704. The van der Waals surface area contributed by atoms with Crippen molar-refractivity contribution >= 4 is 23.4 Å². The maximum absolute atomic E-state index is 12.1. The van der Waals surface area contributed by atoms with Crippen molar-refractivity contribution in [2.45, 2.75) is 11.4 Å². The number of hydrogen-bond donors (Lipinski definition) is 2. The molecule has 26 heavy (non-hydrogen) atoms. The number of aromatic nitrogens is 2. The van der Waals surface area contributed by atoms with Crippen molar-refractivity contribution in [3.05, 3.63) is 65.0 Å². The fourth-order valence-electron chi connectivity index (χ4n) is 2.30. The Bertz CT molecular complexity index is 937. The van der Waals surface area contributed by atoms with E-state index < -0.39 is 5.63 Å². The number of benzene rings is 2. The van der Waals surface area contributed by atoms with Crippen molar-refractivity contribution in [2.75, 3.05) is 18.2 Å². The van der Waals surface area contributed by atoms with Gasteiger partial charge >= 0.3 is 10.7 Å². The van der Waals surface area contributed by atoms with Crippen LogP contribution in [0.4, 0.5) is 5.69 Å². The van der Waals surface area contributed by atoms with Gasteiger partial charge in [-0.1, -0.05) is 24.3 Å². The number of nitrogens with zero attached hydrogens (tertiary/aromatic N) is 1. The Kier molecular flexibility index (Phi) is 5.75. The molecule has 0 saturated heterocycles. The summed E-state index contributed by atoms with van der Waals surface area (Å²) in [5.74, 6) is 0.966. The molecule has 7 nitrogen and oxygen atoms in total. The summed E-state index contributed by atoms with van der Waals surface area (Å²) >= 11 is 1.26. The minimum Gasteiger partial charge on any atom is -0.497 e. The Balaban J connectivity index is 1.59. The summed E-state index contributed by atoms with van der Waals surface area (Å²) < 4.78 is 11.6. The van der Waals surface area contributed by atoms with E-state index in [2.05, 4.69) is 10.6 Å². The highest BCUT2D eigenvalue weighted by molar-refractivity contribution is 7.99. The number of aromatic amines is 1. The SMILES string of the molecule is COc1cccc(NC(=O)CCSc2c(=O)o[nH][n+]2-c2ccccc2)c1. The molecule has 0 unspecified atom stereocenters. The number of para-hydroxylation sites is 1. The van der Waals surface area contributed by atoms with Gasteiger partial charge in [0.15, 0.2) is 0 Å². The number of carbonyl (C=O) groups is 1. The number of hydrogen-bond acceptors (Lipinski definition) is 5. The summed E-state index contributed by atoms with van der Waals surface area (Å²) in [5, 5.41) is 5.78. The van der Waals surface area contributed by atoms with Gasteiger partial charge in [-0.15, -0.1) is 0 Å². The Hall–Kier alpha value is -3.00. The van der Waals surface area contributed by atoms with Gasteiger partial charge in [-0.3, -0.25) is 9.32 Å². The van der Waals surface area contributed by atoms with Crippen molar-refractivity contribution in [3.8, 4) is 11.4 Å². The third-order valence-electron chi connectivity index (χ3n) is 3.54. The van der Waals surface area contributed by atoms with Gasteiger partial charge in [0, 0.05) is 36.1 Å². The first-order chi connectivity index (χ1) is 12.7. The van der Waals surface area contributed by atoms with E-state index in [4.69, 9.17) is 9.26 Å². The van der Waals surface area contributed by atoms with Gasteiger partial charge in [-0.2, -0.15) is 0 Å². The van der Waals surface area contributed by atoms with Crippen LogP contribution >= 0.6 is 11.8 Å². The Morgan fingerprint density at radius 3 is 2.81 bits per heavy atom. The van der Waals surface area contributed by atoms with Gasteiger partial charge in [-0.25, -0.2) is 4.79 Å². The third kappa shape index (κ3) is 4.34. The molecule has 2 N–H and O–H groups in total. The number of amides is 1. The molecule has 3 aromatic rings. The number of rotatable bonds is 7. The molecule has 0 fully saturated rings. The third-order valence-corrected chi connectivity index (χ3v) is 4.57. The number of methoxy groups -OCH3 is 1. The summed E-state index contributed by atoms with van der Waals surface area (Å²) in [7, 11) is 1.57. The molecule has 134 valence electrons. The van der Waals surface area contributed by atoms with E-state index in [0.29, 0.717) is 22.2 Å². The highest BCUT2D eigenvalue weighted by Gasteiger charge is 2.23. The van der Waals surface area contributed by atoms with Crippen molar-refractivity contribution in [1.29, 1.82) is 0 Å². The van der Waals surface area contributed by atoms with E-state index >= 15 is 0 Å². The van der Waals surface area contributed by atoms with Crippen LogP contribution in [0.25, 0.3) is 5.69 Å². The topological polar surface area (TPSA) is 88.2 Å². The maximum atomic E-state index is 12.1. The predicted molar refractivity (Wildman–Crippen MR) is 97.8 cm³/mol. The lowest BCUT2D eigenvalue weighted by Gasteiger charge is -2.06. The summed E-state index contributed by atoms with van der Waals surface area (Å²) in [4.78, 5) is 24.0. The van der Waals surface area contributed by atoms with Gasteiger partial charge in [-0.05, 0) is 33.8 Å². The summed E-state index contributed by atoms with van der Waals surface area (Å²) in [5.41, 5.74) is 0.980. The highest BCUT2D eigenvalue weighted by atomic mass is 32.2. The van der Waals surface area contributed by atoms with Gasteiger partial charge in [0.2, 0.25) is 11.6 Å². The van der Waals surface area contributed by atoms with Crippen molar-refractivity contribution in [3.63, 3.8) is 0 Å². The average molecular weight is 372 g/mol. The van der Waals surface area contributed by atoms with Crippen LogP contribution < -0.4 is 20.4 Å². The first-order valence-electron chi connectivity index (χ1n) is 7.93. The Morgan fingerprint density at radius 1 is 1.23 bits per heavy atom. The highest BCUT2D eigenvalue weighted by Crippen LogP contribution is 2.18. The average Bonchev–Trinajstić information content (AvgIpc) is 3.03. The molecule has 0 bridgehead atoms. The van der Waals surface area contributed by atoms with E-state index in [-0.39, 0.29) is 12.3 Å². The molecule has 0 aliphatic rings. The van der Waals surface area contributed by atoms with Crippen LogP contribution in [0.5, 0.6) is 5.75 Å². The minimum atomic E-state index is -0.466. The van der Waals surface area contributed by atoms with Crippen LogP contribution in [0.3, 0.4) is 0 Å². The number of anilines is 1. The van der Waals surface area contributed by atoms with E-state index in [9.17, 15) is 9.59 Å². The van der Waals surface area contributed by atoms with Gasteiger partial charge in [0.25, 0.3) is 0 Å². The molecular formula is C18H18N3O4S+. The number of ether oxygens (including phenoxy) is 1. The molecule has 3 rings (SSSR count). The molecule has 8 heteroatoms. The first-order valence-corrected chi connectivity index (χ1v) is 8.91. The molecule has 0 atom stereocenters. The monoisotopic (exact) mass is 372 g/mol. The second-order valence-corrected chi connectivity index (χ2v) is 6.42. The van der Waals surface area contributed by atoms with Crippen LogP contribution in [0.2, 0.25) is 0 Å². The smallest absolute Gasteiger partial charge is 0.442 e. The fourth-order valence-corrected chi connectivity index (χ4v) is 3.21. The largest absolute Gasteiger partial charge is 0.497 e. The second-order valence-electron chi connectivity index (χ2n) is 5.34. The normalized spacial score (nSPS) is 10.5. The zero-order chi connectivity index (χ0) is 18.4. The minimum absolute atomic E-state index is 0.142. The van der Waals surface area contributed by atoms with E-state index in [1.165, 1.54) is 11.8 Å². The molecule has 0 radical (unpaired) electrons. The first kappa shape index (κ1) is 17.8. The second kappa shape index (κ2) is 8.39. The quantitative estimate of drug-likeness (QED) is 0.491. The molecule has 0 saturated carbocycles. The Morgan fingerprint density at radius 2 is 2.04 bits per heavy atom. The molecule has 1 aromatic heterocycles. The van der Waals surface area contributed by atoms with Gasteiger partial charge in [0.1, 0.15) is 5.75 Å². The van der Waals surface area contributed by atoms with Crippen LogP contribution in [0, 0.1) is 0 Å². The fraction of sp³-hybridized carbons (Fsp3) is 0.167. The van der Waals surface area contributed by atoms with Crippen LogP contribution in [-0.4, -0.2) is 24.0 Å². The molecular weight excluding hydrogens is 354 g/mol. The number of thioether (sulfide) groups is 1. The summed E-state index contributed by atoms with van der Waals surface area (Å²) in [6.07, 6.45) is 0.251. The molecule has 0 aliphatic heterocycles. The van der Waals surface area contributed by atoms with Crippen LogP contribution in [0.1, 0.15) is 6.42 Å². The van der Waals surface area contributed by atoms with Crippen molar-refractivity contribution in [1.82, 2.24) is 5.27 Å². The van der Waals surface area contributed by atoms with Crippen molar-refractivity contribution < 1.29 is 18.7 Å². The maximum Gasteiger partial charge on any atom is 0.442 e. The number of carbonyl (C=O) groups excluding carboxylic acids is 1. The summed E-state index contributed by atoms with van der Waals surface area (Å²) in [6.45, 7) is 0. The van der Waals surface area contributed by atoms with Gasteiger partial charge in [0.05, 0.1) is 7.11 Å². The predicted octanol–water partition coefficient (Wildman–Crippen LogP) is 2.37. The molecule has 2 aromatic carbocycles. The van der Waals surface area contributed by atoms with Gasteiger partial charge < -0.3 is 10.1 Å². The van der Waals surface area contributed by atoms with Crippen LogP contribution in [-0.2, 0) is 4.79 Å². The zero-order valence-corrected chi connectivity index (χ0v) is 14.9. The zero-order valence-electron chi connectivity index (χ0n) is 14.1. The number of nitrogens with one attached hydrogen (secondary N) is 2. The number of H-pyrrole nitrogens is 1. The Labute approximate surface area is 153 Å². The molecule has 0 spiro atoms. The summed E-state index contributed by atoms with van der Waals surface area (Å²) in [6, 6.07) is 16.5. The standard InChI is InChI=1S/C18H17N3O4S/c1-24-15-9-5-6-13(12-15)19-16(22)10-11-26-17-18(23)25-20-21(17)14-7-3-2-4-8-14/h2-9,12H,10-11H2,1H3,(H-,19,20,22,23)/p+1. The molecule has 1 amide bonds. The van der Waals surface area contributed by atoms with E-state index in [0.717, 1.165) is 5.69 Å². The van der Waals surface area contributed by atoms with E-state index in [1.807, 2.05) is 30.3 Å². The molecule has 1 heterocycles. The lowest BCUT2D eigenvalue weighted by Crippen LogP contribution is -2.36. The lowest BCUT2D eigenvalue weighted by atomic mass is 10.3. The van der Waals surface area contributed by atoms with Crippen molar-refractivity contribution in [2.24, 2.45) is 0 Å². The van der Waals surface area contributed by atoms with Crippen LogP contribution in [0.15, 0.2) is 68.9 Å². The van der Waals surface area contributed by atoms with E-state index in [1.54, 1.807) is 36.1 Å². The molecule has 0 aliphatic carbocycles.